The molecule has 2 aliphatic rings. The van der Waals surface area contributed by atoms with Crippen LogP contribution in [0.4, 0.5) is 0 Å². The van der Waals surface area contributed by atoms with Gasteiger partial charge in [0.2, 0.25) is 11.8 Å². The van der Waals surface area contributed by atoms with Crippen LogP contribution in [0.3, 0.4) is 0 Å². The molecule has 0 unspecified atom stereocenters. The first-order chi connectivity index (χ1) is 13.6. The zero-order chi connectivity index (χ0) is 19.4. The summed E-state index contributed by atoms with van der Waals surface area (Å²) in [7, 11) is 0. The second-order valence-electron chi connectivity index (χ2n) is 7.70. The van der Waals surface area contributed by atoms with E-state index >= 15 is 0 Å². The summed E-state index contributed by atoms with van der Waals surface area (Å²) in [5.41, 5.74) is 2.18. The largest absolute Gasteiger partial charge is 0.371 e. The average Bonchev–Trinajstić information content (AvgIpc) is 3.35. The summed E-state index contributed by atoms with van der Waals surface area (Å²) in [5, 5.41) is 8.22. The third kappa shape index (κ3) is 4.45. The maximum atomic E-state index is 12.5. The molecule has 6 heteroatoms. The van der Waals surface area contributed by atoms with E-state index in [2.05, 4.69) is 34.2 Å². The molecule has 2 aromatic rings. The summed E-state index contributed by atoms with van der Waals surface area (Å²) < 4.78 is 5.87. The molecular weight excluding hydrogens is 372 g/mol. The predicted molar refractivity (Wildman–Crippen MR) is 109 cm³/mol. The van der Waals surface area contributed by atoms with E-state index in [9.17, 15) is 9.59 Å². The number of ether oxygens (including phenoxy) is 1. The van der Waals surface area contributed by atoms with Gasteiger partial charge in [0, 0.05) is 36.2 Å². The molecule has 0 aliphatic carbocycles. The van der Waals surface area contributed by atoms with Crippen molar-refractivity contribution in [1.82, 2.24) is 10.6 Å². The lowest BCUT2D eigenvalue weighted by Gasteiger charge is -2.29. The average molecular weight is 399 g/mol. The molecule has 5 nitrogen and oxygen atoms in total. The molecule has 1 fully saturated rings. The molecule has 4 rings (SSSR count). The normalized spacial score (nSPS) is 23.9. The van der Waals surface area contributed by atoms with Crippen LogP contribution in [0.25, 0.3) is 0 Å². The number of amides is 2. The molecule has 2 atom stereocenters. The minimum absolute atomic E-state index is 0.0124. The number of benzene rings is 1. The summed E-state index contributed by atoms with van der Waals surface area (Å²) in [6.45, 7) is 1.17. The van der Waals surface area contributed by atoms with Crippen LogP contribution in [-0.2, 0) is 27.2 Å². The molecular formula is C22H26N2O3S. The minimum Gasteiger partial charge on any atom is -0.371 e. The van der Waals surface area contributed by atoms with Crippen molar-refractivity contribution < 1.29 is 14.3 Å². The highest BCUT2D eigenvalue weighted by Crippen LogP contribution is 2.31. The zero-order valence-corrected chi connectivity index (χ0v) is 16.7. The van der Waals surface area contributed by atoms with Gasteiger partial charge in [0.15, 0.2) is 0 Å². The summed E-state index contributed by atoms with van der Waals surface area (Å²) in [6, 6.07) is 12.4. The van der Waals surface area contributed by atoms with Crippen molar-refractivity contribution in [2.45, 2.75) is 50.2 Å². The van der Waals surface area contributed by atoms with Crippen molar-refractivity contribution in [1.29, 1.82) is 0 Å². The van der Waals surface area contributed by atoms with Crippen molar-refractivity contribution in [3.05, 3.63) is 57.8 Å². The van der Waals surface area contributed by atoms with Crippen molar-refractivity contribution in [2.24, 2.45) is 0 Å². The Morgan fingerprint density at radius 1 is 1.25 bits per heavy atom. The first kappa shape index (κ1) is 19.2. The Balaban J connectivity index is 1.32. The SMILES string of the molecule is O=C(CC[C@]1(Cc2cccs2)CCC(=O)N1)NC[C@@H]1OCCc2ccccc21. The van der Waals surface area contributed by atoms with E-state index in [0.29, 0.717) is 32.4 Å². The van der Waals surface area contributed by atoms with E-state index in [0.717, 1.165) is 19.3 Å². The van der Waals surface area contributed by atoms with Crippen LogP contribution in [0.15, 0.2) is 41.8 Å². The highest BCUT2D eigenvalue weighted by Gasteiger charge is 2.38. The maximum absolute atomic E-state index is 12.5. The highest BCUT2D eigenvalue weighted by molar-refractivity contribution is 7.09. The van der Waals surface area contributed by atoms with E-state index in [1.165, 1.54) is 16.0 Å². The number of fused-ring (bicyclic) bond motifs is 1. The summed E-state index contributed by atoms with van der Waals surface area (Å²) in [5.74, 6) is 0.0996. The van der Waals surface area contributed by atoms with Gasteiger partial charge in [-0.2, -0.15) is 0 Å². The van der Waals surface area contributed by atoms with E-state index < -0.39 is 0 Å². The lowest BCUT2D eigenvalue weighted by molar-refractivity contribution is -0.123. The Bertz CT molecular complexity index is 836. The molecule has 1 aromatic heterocycles. The van der Waals surface area contributed by atoms with Crippen LogP contribution in [0.5, 0.6) is 0 Å². The molecule has 0 spiro atoms. The number of nitrogens with one attached hydrogen (secondary N) is 2. The third-order valence-corrected chi connectivity index (χ3v) is 6.61. The Morgan fingerprint density at radius 2 is 2.14 bits per heavy atom. The van der Waals surface area contributed by atoms with Crippen molar-refractivity contribution in [3.63, 3.8) is 0 Å². The van der Waals surface area contributed by atoms with Gasteiger partial charge in [-0.15, -0.1) is 11.3 Å². The summed E-state index contributed by atoms with van der Waals surface area (Å²) in [4.78, 5) is 25.6. The van der Waals surface area contributed by atoms with Crippen LogP contribution in [0.2, 0.25) is 0 Å². The van der Waals surface area contributed by atoms with Crippen molar-refractivity contribution in [3.8, 4) is 0 Å². The molecule has 1 aromatic carbocycles. The first-order valence-corrected chi connectivity index (χ1v) is 10.8. The van der Waals surface area contributed by atoms with Crippen LogP contribution in [-0.4, -0.2) is 30.5 Å². The molecule has 1 saturated heterocycles. The Hall–Kier alpha value is -2.18. The Kier molecular flexibility index (Phi) is 5.78. The lowest BCUT2D eigenvalue weighted by Crippen LogP contribution is -2.44. The number of carbonyl (C=O) groups excluding carboxylic acids is 2. The molecule has 3 heterocycles. The fourth-order valence-corrected chi connectivity index (χ4v) is 5.07. The number of hydrogen-bond acceptors (Lipinski definition) is 4. The topological polar surface area (TPSA) is 67.4 Å². The lowest BCUT2D eigenvalue weighted by atomic mass is 9.87. The third-order valence-electron chi connectivity index (χ3n) is 5.74. The second-order valence-corrected chi connectivity index (χ2v) is 8.73. The van der Waals surface area contributed by atoms with Gasteiger partial charge in [-0.3, -0.25) is 9.59 Å². The second kappa shape index (κ2) is 8.45. The fraction of sp³-hybridized carbons (Fsp3) is 0.455. The van der Waals surface area contributed by atoms with E-state index in [-0.39, 0.29) is 23.5 Å². The van der Waals surface area contributed by atoms with E-state index in [1.54, 1.807) is 11.3 Å². The Morgan fingerprint density at radius 3 is 2.93 bits per heavy atom. The number of rotatable bonds is 7. The molecule has 2 amide bonds. The van der Waals surface area contributed by atoms with E-state index in [4.69, 9.17) is 4.74 Å². The predicted octanol–water partition coefficient (Wildman–Crippen LogP) is 3.15. The number of hydrogen-bond donors (Lipinski definition) is 2. The quantitative estimate of drug-likeness (QED) is 0.753. The molecule has 2 aliphatic heterocycles. The van der Waals surface area contributed by atoms with Gasteiger partial charge in [0.1, 0.15) is 6.10 Å². The smallest absolute Gasteiger partial charge is 0.220 e. The standard InChI is InChI=1S/C22H26N2O3S/c25-20(23-15-19-18-6-2-1-4-16(18)9-12-27-19)7-10-22(11-8-21(26)24-22)14-17-5-3-13-28-17/h1-6,13,19H,7-12,14-15H2,(H,23,25)(H,24,26)/t19-,22+/m0/s1. The number of thiophene rings is 1. The van der Waals surface area contributed by atoms with Gasteiger partial charge in [-0.1, -0.05) is 30.3 Å². The minimum atomic E-state index is -0.298. The van der Waals surface area contributed by atoms with Gasteiger partial charge >= 0.3 is 0 Å². The maximum Gasteiger partial charge on any atom is 0.220 e. The van der Waals surface area contributed by atoms with Crippen LogP contribution in [0.1, 0.15) is 47.8 Å². The summed E-state index contributed by atoms with van der Waals surface area (Å²) in [6.07, 6.45) is 4.02. The molecule has 0 bridgehead atoms. The highest BCUT2D eigenvalue weighted by atomic mass is 32.1. The van der Waals surface area contributed by atoms with Crippen LogP contribution in [0, 0.1) is 0 Å². The van der Waals surface area contributed by atoms with Crippen LogP contribution < -0.4 is 10.6 Å². The number of carbonyl (C=O) groups is 2. The Labute approximate surface area is 169 Å². The van der Waals surface area contributed by atoms with Crippen molar-refractivity contribution in [2.75, 3.05) is 13.2 Å². The van der Waals surface area contributed by atoms with Gasteiger partial charge in [-0.25, -0.2) is 0 Å². The first-order valence-electron chi connectivity index (χ1n) is 9.93. The zero-order valence-electron chi connectivity index (χ0n) is 15.9. The van der Waals surface area contributed by atoms with Gasteiger partial charge < -0.3 is 15.4 Å². The molecule has 148 valence electrons. The van der Waals surface area contributed by atoms with E-state index in [1.807, 2.05) is 18.2 Å². The van der Waals surface area contributed by atoms with Gasteiger partial charge in [-0.05, 0) is 41.8 Å². The van der Waals surface area contributed by atoms with Gasteiger partial charge in [0.05, 0.1) is 6.61 Å². The monoisotopic (exact) mass is 398 g/mol. The molecule has 2 N–H and O–H groups in total. The molecule has 28 heavy (non-hydrogen) atoms. The van der Waals surface area contributed by atoms with Gasteiger partial charge in [0.25, 0.3) is 0 Å². The molecule has 0 radical (unpaired) electrons. The van der Waals surface area contributed by atoms with Crippen LogP contribution >= 0.6 is 11.3 Å². The van der Waals surface area contributed by atoms with Crippen molar-refractivity contribution >= 4 is 23.2 Å². The summed E-state index contributed by atoms with van der Waals surface area (Å²) >= 11 is 1.70. The molecule has 0 saturated carbocycles. The fourth-order valence-electron chi connectivity index (χ4n) is 4.22.